The van der Waals surface area contributed by atoms with Gasteiger partial charge >= 0.3 is 0 Å². The number of rotatable bonds is 0. The highest BCUT2D eigenvalue weighted by Gasteiger charge is 2.67. The summed E-state index contributed by atoms with van der Waals surface area (Å²) in [5.74, 6) is 4.95. The maximum Gasteiger partial charge on any atom is 0.171 e. The molecule has 0 aromatic heterocycles. The van der Waals surface area contributed by atoms with E-state index in [4.69, 9.17) is 9.47 Å². The van der Waals surface area contributed by atoms with Crippen molar-refractivity contribution in [2.75, 3.05) is 6.61 Å². The maximum absolute atomic E-state index is 10.3. The zero-order chi connectivity index (χ0) is 20.9. The number of aliphatic hydroxyl groups is 1. The quantitative estimate of drug-likeness (QED) is 0.543. The van der Waals surface area contributed by atoms with Crippen LogP contribution in [-0.2, 0) is 9.47 Å². The molecule has 12 atom stereocenters. The molecule has 2 saturated heterocycles. The van der Waals surface area contributed by atoms with Crippen LogP contribution in [0.5, 0.6) is 0 Å². The molecule has 1 spiro atoms. The number of aliphatic hydroxyl groups excluding tert-OH is 1. The van der Waals surface area contributed by atoms with Crippen molar-refractivity contribution in [1.82, 2.24) is 0 Å². The second-order valence-electron chi connectivity index (χ2n) is 13.2. The highest BCUT2D eigenvalue weighted by molar-refractivity contribution is 5.14. The van der Waals surface area contributed by atoms with Gasteiger partial charge in [-0.1, -0.05) is 27.7 Å². The highest BCUT2D eigenvalue weighted by atomic mass is 16.7. The van der Waals surface area contributed by atoms with Gasteiger partial charge in [-0.05, 0) is 104 Å². The van der Waals surface area contributed by atoms with Crippen molar-refractivity contribution in [3.63, 3.8) is 0 Å². The summed E-state index contributed by atoms with van der Waals surface area (Å²) in [6, 6.07) is 0. The van der Waals surface area contributed by atoms with E-state index in [1.807, 2.05) is 0 Å². The van der Waals surface area contributed by atoms with Gasteiger partial charge in [0.05, 0.1) is 18.8 Å². The van der Waals surface area contributed by atoms with Crippen LogP contribution in [0.2, 0.25) is 0 Å². The molecule has 12 unspecified atom stereocenters. The molecule has 0 aromatic carbocycles. The summed E-state index contributed by atoms with van der Waals surface area (Å²) < 4.78 is 13.4. The predicted molar refractivity (Wildman–Crippen MR) is 118 cm³/mol. The Labute approximate surface area is 183 Å². The summed E-state index contributed by atoms with van der Waals surface area (Å²) in [5, 5.41) is 10.3. The van der Waals surface area contributed by atoms with Gasteiger partial charge in [0.15, 0.2) is 5.79 Å². The third-order valence-electron chi connectivity index (χ3n) is 11.8. The Bertz CT molecular complexity index is 694. The van der Waals surface area contributed by atoms with E-state index >= 15 is 0 Å². The van der Waals surface area contributed by atoms with Gasteiger partial charge in [0.1, 0.15) is 0 Å². The van der Waals surface area contributed by atoms with Crippen LogP contribution in [0.3, 0.4) is 0 Å². The first-order chi connectivity index (χ1) is 14.3. The lowest BCUT2D eigenvalue weighted by molar-refractivity contribution is -0.282. The molecule has 2 aliphatic heterocycles. The molecule has 1 N–H and O–H groups in total. The van der Waals surface area contributed by atoms with E-state index in [1.54, 1.807) is 0 Å². The summed E-state index contributed by atoms with van der Waals surface area (Å²) in [6.45, 7) is 10.8. The van der Waals surface area contributed by atoms with Gasteiger partial charge in [0.25, 0.3) is 0 Å². The molecule has 0 amide bonds. The average Bonchev–Trinajstić information content (AvgIpc) is 3.20. The fourth-order valence-electron chi connectivity index (χ4n) is 10.1. The Morgan fingerprint density at radius 2 is 1.63 bits per heavy atom. The van der Waals surface area contributed by atoms with Crippen molar-refractivity contribution < 1.29 is 14.6 Å². The zero-order valence-electron chi connectivity index (χ0n) is 19.7. The Morgan fingerprint density at radius 1 is 0.833 bits per heavy atom. The molecule has 4 saturated carbocycles. The van der Waals surface area contributed by atoms with E-state index in [1.165, 1.54) is 44.9 Å². The van der Waals surface area contributed by atoms with Gasteiger partial charge in [0, 0.05) is 12.3 Å². The smallest absolute Gasteiger partial charge is 0.171 e. The fraction of sp³-hybridized carbons (Fsp3) is 1.00. The summed E-state index contributed by atoms with van der Waals surface area (Å²) in [7, 11) is 0. The van der Waals surface area contributed by atoms with E-state index in [2.05, 4.69) is 27.7 Å². The molecule has 30 heavy (non-hydrogen) atoms. The second-order valence-corrected chi connectivity index (χ2v) is 13.2. The summed E-state index contributed by atoms with van der Waals surface area (Å²) >= 11 is 0. The molecule has 0 aromatic rings. The van der Waals surface area contributed by atoms with Crippen LogP contribution < -0.4 is 0 Å². The predicted octanol–water partition coefficient (Wildman–Crippen LogP) is 5.79. The first-order valence-corrected chi connectivity index (χ1v) is 13.2. The molecule has 0 radical (unpaired) electrons. The molecular weight excluding hydrogens is 372 g/mol. The number of fused-ring (bicyclic) bond motifs is 7. The fourth-order valence-corrected chi connectivity index (χ4v) is 10.1. The van der Waals surface area contributed by atoms with Gasteiger partial charge in [-0.2, -0.15) is 0 Å². The molecular formula is C27H44O3. The van der Waals surface area contributed by atoms with Gasteiger partial charge in [-0.15, -0.1) is 0 Å². The molecule has 4 aliphatic carbocycles. The van der Waals surface area contributed by atoms with Crippen LogP contribution in [0.4, 0.5) is 0 Å². The molecule has 6 rings (SSSR count). The van der Waals surface area contributed by atoms with Crippen LogP contribution in [-0.4, -0.2) is 29.7 Å². The van der Waals surface area contributed by atoms with E-state index in [0.717, 1.165) is 49.5 Å². The third kappa shape index (κ3) is 2.67. The zero-order valence-corrected chi connectivity index (χ0v) is 19.7. The lowest BCUT2D eigenvalue weighted by atomic mass is 9.44. The molecule has 170 valence electrons. The van der Waals surface area contributed by atoms with Crippen molar-refractivity contribution in [3.05, 3.63) is 0 Å². The number of hydrogen-bond donors (Lipinski definition) is 1. The van der Waals surface area contributed by atoms with Crippen LogP contribution in [0.1, 0.15) is 91.9 Å². The lowest BCUT2D eigenvalue weighted by Crippen LogP contribution is -2.54. The van der Waals surface area contributed by atoms with Gasteiger partial charge in [-0.3, -0.25) is 0 Å². The van der Waals surface area contributed by atoms with Crippen LogP contribution >= 0.6 is 0 Å². The topological polar surface area (TPSA) is 38.7 Å². The summed E-state index contributed by atoms with van der Waals surface area (Å²) in [6.07, 6.45) is 12.9. The van der Waals surface area contributed by atoms with Crippen LogP contribution in [0.15, 0.2) is 0 Å². The summed E-state index contributed by atoms with van der Waals surface area (Å²) in [5.41, 5.74) is 0.916. The van der Waals surface area contributed by atoms with Gasteiger partial charge in [0.2, 0.25) is 0 Å². The van der Waals surface area contributed by atoms with Crippen LogP contribution in [0.25, 0.3) is 0 Å². The number of ether oxygens (including phenoxy) is 2. The van der Waals surface area contributed by atoms with E-state index in [-0.39, 0.29) is 11.9 Å². The molecule has 3 nitrogen and oxygen atoms in total. The lowest BCUT2D eigenvalue weighted by Gasteiger charge is -2.61. The van der Waals surface area contributed by atoms with E-state index in [0.29, 0.717) is 34.7 Å². The molecule has 0 bridgehead atoms. The molecule has 2 heterocycles. The third-order valence-corrected chi connectivity index (χ3v) is 11.8. The van der Waals surface area contributed by atoms with E-state index in [9.17, 15) is 5.11 Å². The molecule has 6 fully saturated rings. The minimum atomic E-state index is -0.282. The minimum Gasteiger partial charge on any atom is -0.393 e. The van der Waals surface area contributed by atoms with Gasteiger partial charge < -0.3 is 14.6 Å². The Kier molecular flexibility index (Phi) is 4.58. The Hall–Kier alpha value is -0.120. The maximum atomic E-state index is 10.3. The van der Waals surface area contributed by atoms with Crippen molar-refractivity contribution in [3.8, 4) is 0 Å². The minimum absolute atomic E-state index is 0.0379. The molecule has 6 aliphatic rings. The molecule has 3 heteroatoms. The van der Waals surface area contributed by atoms with Gasteiger partial charge in [-0.25, -0.2) is 0 Å². The van der Waals surface area contributed by atoms with E-state index < -0.39 is 0 Å². The summed E-state index contributed by atoms with van der Waals surface area (Å²) in [4.78, 5) is 0. The standard InChI is InChI=1S/C27H44O3/c1-16-11-17(2)27(29-15-16)14-23-24(30-27)13-22-20-6-5-18-12-19(28)7-9-25(18,3)21(20)8-10-26(22,23)4/h16-24,28H,5-15H2,1-4H3. The first-order valence-electron chi connectivity index (χ1n) is 13.2. The normalized spacial score (nSPS) is 62.5. The Balaban J connectivity index is 1.24. The monoisotopic (exact) mass is 416 g/mol. The average molecular weight is 417 g/mol. The van der Waals surface area contributed by atoms with Crippen molar-refractivity contribution in [2.45, 2.75) is 110 Å². The van der Waals surface area contributed by atoms with Crippen molar-refractivity contribution in [1.29, 1.82) is 0 Å². The first kappa shape index (κ1) is 20.5. The number of hydrogen-bond acceptors (Lipinski definition) is 3. The highest BCUT2D eigenvalue weighted by Crippen LogP contribution is 2.70. The van der Waals surface area contributed by atoms with Crippen molar-refractivity contribution >= 4 is 0 Å². The Morgan fingerprint density at radius 3 is 2.43 bits per heavy atom. The second kappa shape index (κ2) is 6.70. The largest absolute Gasteiger partial charge is 0.393 e. The van der Waals surface area contributed by atoms with Crippen LogP contribution in [0, 0.1) is 52.3 Å². The SMILES string of the molecule is CC1COC2(CC3C(CC4C5CCC6CC(O)CCC6(C)C5CCC34C)O2)C(C)C1. The van der Waals surface area contributed by atoms with Crippen molar-refractivity contribution in [2.24, 2.45) is 52.3 Å².